The summed E-state index contributed by atoms with van der Waals surface area (Å²) in [7, 11) is -3.51. The van der Waals surface area contributed by atoms with E-state index in [1.807, 2.05) is 0 Å². The Balaban J connectivity index is 2.74. The molecule has 1 aromatic carbocycles. The molecular weight excluding hydrogens is 338 g/mol. The summed E-state index contributed by atoms with van der Waals surface area (Å²) in [4.78, 5) is 0.139. The number of benzene rings is 1. The fourth-order valence-electron chi connectivity index (χ4n) is 1.57. The summed E-state index contributed by atoms with van der Waals surface area (Å²) in [6, 6.07) is 6.46. The van der Waals surface area contributed by atoms with E-state index in [-0.39, 0.29) is 9.92 Å². The molecule has 1 unspecified atom stereocenters. The Kier molecular flexibility index (Phi) is 6.63. The molecular formula is C12H17BrClNO2S. The molecule has 0 spiro atoms. The molecule has 6 heteroatoms. The average molecular weight is 355 g/mol. The van der Waals surface area contributed by atoms with E-state index in [1.54, 1.807) is 18.2 Å². The molecule has 102 valence electrons. The number of hydrogen-bond acceptors (Lipinski definition) is 2. The third-order valence-corrected chi connectivity index (χ3v) is 5.16. The first-order valence-electron chi connectivity index (χ1n) is 5.81. The Hall–Kier alpha value is -0.100. The summed E-state index contributed by atoms with van der Waals surface area (Å²) < 4.78 is 26.8. The molecule has 0 aliphatic carbocycles. The molecule has 0 aliphatic heterocycles. The van der Waals surface area contributed by atoms with Crippen molar-refractivity contribution in [1.82, 2.24) is 4.72 Å². The quantitative estimate of drug-likeness (QED) is 0.763. The van der Waals surface area contributed by atoms with Crippen LogP contribution in [0, 0.1) is 5.92 Å². The molecule has 18 heavy (non-hydrogen) atoms. The molecule has 0 amide bonds. The van der Waals surface area contributed by atoms with Crippen molar-refractivity contribution < 1.29 is 8.42 Å². The van der Waals surface area contributed by atoms with E-state index < -0.39 is 10.0 Å². The van der Waals surface area contributed by atoms with Crippen LogP contribution in [0.15, 0.2) is 29.2 Å². The molecule has 1 N–H and O–H groups in total. The zero-order valence-electron chi connectivity index (χ0n) is 10.2. The Labute approximate surface area is 122 Å². The lowest BCUT2D eigenvalue weighted by Crippen LogP contribution is -2.29. The summed E-state index contributed by atoms with van der Waals surface area (Å²) in [5, 5.41) is 1.12. The minimum atomic E-state index is -3.51. The van der Waals surface area contributed by atoms with Gasteiger partial charge >= 0.3 is 0 Å². The molecule has 0 heterocycles. The predicted octanol–water partition coefficient (Wildman–Crippen LogP) is 3.43. The van der Waals surface area contributed by atoms with E-state index in [1.165, 1.54) is 6.07 Å². The number of hydrogen-bond donors (Lipinski definition) is 1. The number of nitrogens with one attached hydrogen (secondary N) is 1. The van der Waals surface area contributed by atoms with E-state index in [4.69, 9.17) is 11.6 Å². The third kappa shape index (κ3) is 4.53. The van der Waals surface area contributed by atoms with Crippen LogP contribution in [-0.2, 0) is 10.0 Å². The highest BCUT2D eigenvalue weighted by Gasteiger charge is 2.18. The molecule has 0 aliphatic rings. The molecule has 3 nitrogen and oxygen atoms in total. The first-order valence-corrected chi connectivity index (χ1v) is 8.79. The van der Waals surface area contributed by atoms with Crippen LogP contribution in [-0.4, -0.2) is 20.3 Å². The van der Waals surface area contributed by atoms with Gasteiger partial charge in [-0.3, -0.25) is 0 Å². The smallest absolute Gasteiger partial charge is 0.211 e. The second-order valence-electron chi connectivity index (χ2n) is 4.03. The highest BCUT2D eigenvalue weighted by molar-refractivity contribution is 9.09. The molecule has 0 fully saturated rings. The SMILES string of the molecule is CCC(CCBr)CNS(=O)(=O)c1ccccc1Cl. The molecule has 1 atom stereocenters. The molecule has 0 bridgehead atoms. The van der Waals surface area contributed by atoms with Crippen molar-refractivity contribution >= 4 is 37.6 Å². The van der Waals surface area contributed by atoms with Crippen molar-refractivity contribution in [3.05, 3.63) is 29.3 Å². The minimum Gasteiger partial charge on any atom is -0.211 e. The first-order chi connectivity index (χ1) is 8.51. The average Bonchev–Trinajstić information content (AvgIpc) is 2.34. The van der Waals surface area contributed by atoms with E-state index in [0.717, 1.165) is 18.2 Å². The molecule has 0 saturated carbocycles. The van der Waals surface area contributed by atoms with Crippen LogP contribution in [0.4, 0.5) is 0 Å². The van der Waals surface area contributed by atoms with Gasteiger partial charge < -0.3 is 0 Å². The van der Waals surface area contributed by atoms with Crippen LogP contribution < -0.4 is 4.72 Å². The van der Waals surface area contributed by atoms with Gasteiger partial charge in [-0.15, -0.1) is 0 Å². The maximum Gasteiger partial charge on any atom is 0.242 e. The number of sulfonamides is 1. The van der Waals surface area contributed by atoms with Crippen LogP contribution in [0.2, 0.25) is 5.02 Å². The van der Waals surface area contributed by atoms with Gasteiger partial charge in [-0.05, 0) is 24.5 Å². The van der Waals surface area contributed by atoms with Gasteiger partial charge in [0.15, 0.2) is 0 Å². The molecule has 1 rings (SSSR count). The van der Waals surface area contributed by atoms with Crippen LogP contribution in [0.5, 0.6) is 0 Å². The van der Waals surface area contributed by atoms with E-state index in [2.05, 4.69) is 27.6 Å². The second kappa shape index (κ2) is 7.48. The van der Waals surface area contributed by atoms with Crippen molar-refractivity contribution in [1.29, 1.82) is 0 Å². The van der Waals surface area contributed by atoms with Crippen LogP contribution in [0.25, 0.3) is 0 Å². The summed E-state index contributed by atoms with van der Waals surface area (Å²) >= 11 is 9.26. The first kappa shape index (κ1) is 16.0. The predicted molar refractivity (Wildman–Crippen MR) is 78.8 cm³/mol. The van der Waals surface area contributed by atoms with Crippen LogP contribution >= 0.6 is 27.5 Å². The van der Waals surface area contributed by atoms with Gasteiger partial charge in [0.1, 0.15) is 4.90 Å². The second-order valence-corrected chi connectivity index (χ2v) is 6.97. The number of alkyl halides is 1. The largest absolute Gasteiger partial charge is 0.242 e. The van der Waals surface area contributed by atoms with Gasteiger partial charge in [-0.25, -0.2) is 13.1 Å². The summed E-state index contributed by atoms with van der Waals surface area (Å²) in [5.74, 6) is 0.335. The van der Waals surface area contributed by atoms with Crippen molar-refractivity contribution in [2.75, 3.05) is 11.9 Å². The lowest BCUT2D eigenvalue weighted by Gasteiger charge is -2.15. The van der Waals surface area contributed by atoms with Crippen molar-refractivity contribution in [3.63, 3.8) is 0 Å². The van der Waals surface area contributed by atoms with E-state index >= 15 is 0 Å². The van der Waals surface area contributed by atoms with Gasteiger partial charge in [0.25, 0.3) is 0 Å². The Morgan fingerprint density at radius 1 is 1.39 bits per heavy atom. The Morgan fingerprint density at radius 2 is 2.06 bits per heavy atom. The van der Waals surface area contributed by atoms with Crippen LogP contribution in [0.1, 0.15) is 19.8 Å². The Morgan fingerprint density at radius 3 is 2.61 bits per heavy atom. The molecule has 0 saturated heterocycles. The third-order valence-electron chi connectivity index (χ3n) is 2.78. The topological polar surface area (TPSA) is 46.2 Å². The fraction of sp³-hybridized carbons (Fsp3) is 0.500. The lowest BCUT2D eigenvalue weighted by molar-refractivity contribution is 0.483. The van der Waals surface area contributed by atoms with Crippen LogP contribution in [0.3, 0.4) is 0 Å². The van der Waals surface area contributed by atoms with Crippen molar-refractivity contribution in [2.24, 2.45) is 5.92 Å². The van der Waals surface area contributed by atoms with Gasteiger partial charge in [-0.2, -0.15) is 0 Å². The normalized spacial score (nSPS) is 13.5. The van der Waals surface area contributed by atoms with E-state index in [9.17, 15) is 8.42 Å². The van der Waals surface area contributed by atoms with Gasteiger partial charge in [0.05, 0.1) is 5.02 Å². The Bertz CT molecular complexity index is 479. The molecule has 0 radical (unpaired) electrons. The minimum absolute atomic E-state index is 0.139. The van der Waals surface area contributed by atoms with Gasteiger partial charge in [-0.1, -0.05) is 53.0 Å². The van der Waals surface area contributed by atoms with Gasteiger partial charge in [0, 0.05) is 11.9 Å². The zero-order chi connectivity index (χ0) is 13.6. The number of halogens is 2. The zero-order valence-corrected chi connectivity index (χ0v) is 13.4. The highest BCUT2D eigenvalue weighted by atomic mass is 79.9. The summed E-state index contributed by atoms with van der Waals surface area (Å²) in [6.45, 7) is 2.49. The maximum atomic E-state index is 12.1. The molecule has 1 aromatic rings. The van der Waals surface area contributed by atoms with Crippen molar-refractivity contribution in [3.8, 4) is 0 Å². The maximum absolute atomic E-state index is 12.1. The molecule has 0 aromatic heterocycles. The van der Waals surface area contributed by atoms with Crippen molar-refractivity contribution in [2.45, 2.75) is 24.7 Å². The monoisotopic (exact) mass is 353 g/mol. The van der Waals surface area contributed by atoms with E-state index in [0.29, 0.717) is 12.5 Å². The lowest BCUT2D eigenvalue weighted by atomic mass is 10.0. The number of rotatable bonds is 7. The summed E-state index contributed by atoms with van der Waals surface area (Å²) in [6.07, 6.45) is 1.89. The fourth-order valence-corrected chi connectivity index (χ4v) is 3.85. The van der Waals surface area contributed by atoms with Gasteiger partial charge in [0.2, 0.25) is 10.0 Å². The highest BCUT2D eigenvalue weighted by Crippen LogP contribution is 2.20. The summed E-state index contributed by atoms with van der Waals surface area (Å²) in [5.41, 5.74) is 0. The standard InChI is InChI=1S/C12H17BrClNO2S/c1-2-10(7-8-13)9-15-18(16,17)12-6-4-3-5-11(12)14/h3-6,10,15H,2,7-9H2,1H3.